The molecule has 0 radical (unpaired) electrons. The van der Waals surface area contributed by atoms with Gasteiger partial charge < -0.3 is 19.9 Å². The Kier molecular flexibility index (Phi) is 5.91. The zero-order valence-electron chi connectivity index (χ0n) is 19.1. The number of anilines is 1. The maximum absolute atomic E-state index is 13.6. The van der Waals surface area contributed by atoms with E-state index in [1.54, 1.807) is 31.6 Å². The molecule has 3 fully saturated rings. The van der Waals surface area contributed by atoms with E-state index in [1.807, 2.05) is 23.1 Å². The van der Waals surface area contributed by atoms with E-state index in [0.717, 1.165) is 19.4 Å². The summed E-state index contributed by atoms with van der Waals surface area (Å²) < 4.78 is 5.30. The molecule has 1 saturated carbocycles. The largest absolute Gasteiger partial charge is 0.497 e. The molecule has 174 valence electrons. The molecule has 0 unspecified atom stereocenters. The number of likely N-dealkylation sites (tertiary alicyclic amines) is 1. The van der Waals surface area contributed by atoms with Crippen LogP contribution in [0.3, 0.4) is 0 Å². The molecule has 1 aromatic carbocycles. The van der Waals surface area contributed by atoms with Gasteiger partial charge in [0.05, 0.1) is 12.5 Å². The van der Waals surface area contributed by atoms with Crippen LogP contribution in [0.4, 0.5) is 5.95 Å². The van der Waals surface area contributed by atoms with Crippen molar-refractivity contribution in [1.29, 1.82) is 0 Å². The van der Waals surface area contributed by atoms with E-state index in [0.29, 0.717) is 49.4 Å². The van der Waals surface area contributed by atoms with Crippen LogP contribution in [0.2, 0.25) is 0 Å². The zero-order valence-corrected chi connectivity index (χ0v) is 19.1. The predicted molar refractivity (Wildman–Crippen MR) is 124 cm³/mol. The zero-order chi connectivity index (χ0) is 22.8. The number of rotatable bonds is 6. The van der Waals surface area contributed by atoms with Crippen LogP contribution in [0.15, 0.2) is 42.7 Å². The highest BCUT2D eigenvalue weighted by molar-refractivity contribution is 5.95. The smallest absolute Gasteiger partial charge is 0.253 e. The minimum Gasteiger partial charge on any atom is -0.497 e. The van der Waals surface area contributed by atoms with Crippen molar-refractivity contribution in [2.45, 2.75) is 25.7 Å². The summed E-state index contributed by atoms with van der Waals surface area (Å²) >= 11 is 0. The van der Waals surface area contributed by atoms with Crippen LogP contribution >= 0.6 is 0 Å². The number of carbonyl (C=O) groups excluding carboxylic acids is 2. The third kappa shape index (κ3) is 4.38. The van der Waals surface area contributed by atoms with E-state index in [2.05, 4.69) is 20.2 Å². The van der Waals surface area contributed by atoms with Gasteiger partial charge in [-0.3, -0.25) is 9.59 Å². The van der Waals surface area contributed by atoms with Gasteiger partial charge in [0.1, 0.15) is 5.75 Å². The summed E-state index contributed by atoms with van der Waals surface area (Å²) in [5.41, 5.74) is 0.0681. The first-order chi connectivity index (χ1) is 16.1. The molecular formula is C25H31N5O3. The first-order valence-corrected chi connectivity index (χ1v) is 11.8. The Bertz CT molecular complexity index is 1010. The molecule has 2 aromatic rings. The second-order valence-corrected chi connectivity index (χ2v) is 9.52. The number of benzene rings is 1. The molecule has 2 aliphatic heterocycles. The van der Waals surface area contributed by atoms with E-state index >= 15 is 0 Å². The second kappa shape index (κ2) is 9.00. The highest BCUT2D eigenvalue weighted by Crippen LogP contribution is 2.44. The van der Waals surface area contributed by atoms with Crippen LogP contribution in [0, 0.1) is 17.3 Å². The lowest BCUT2D eigenvalue weighted by Crippen LogP contribution is -2.48. The fourth-order valence-corrected chi connectivity index (χ4v) is 5.27. The lowest BCUT2D eigenvalue weighted by Gasteiger charge is -2.32. The lowest BCUT2D eigenvalue weighted by molar-refractivity contribution is -0.132. The SMILES string of the molecule is COc1cccc(C(=O)N2CCC[C@@]3(C(=O)NCC4CC4)CN(c4ncccn4)C[C@H]3C2)c1. The molecule has 2 amide bonds. The molecule has 3 heterocycles. The Balaban J connectivity index is 1.40. The van der Waals surface area contributed by atoms with Crippen molar-refractivity contribution in [2.75, 3.05) is 44.7 Å². The van der Waals surface area contributed by atoms with E-state index in [4.69, 9.17) is 4.74 Å². The number of hydrogen-bond donors (Lipinski definition) is 1. The molecule has 1 aromatic heterocycles. The predicted octanol–water partition coefficient (Wildman–Crippen LogP) is 2.37. The summed E-state index contributed by atoms with van der Waals surface area (Å²) in [5, 5.41) is 3.24. The van der Waals surface area contributed by atoms with E-state index < -0.39 is 5.41 Å². The van der Waals surface area contributed by atoms with Crippen molar-refractivity contribution in [1.82, 2.24) is 20.2 Å². The second-order valence-electron chi connectivity index (χ2n) is 9.52. The van der Waals surface area contributed by atoms with Crippen molar-refractivity contribution in [3.05, 3.63) is 48.3 Å². The third-order valence-electron chi connectivity index (χ3n) is 7.33. The average molecular weight is 450 g/mol. The van der Waals surface area contributed by atoms with Gasteiger partial charge in [0.25, 0.3) is 5.91 Å². The maximum Gasteiger partial charge on any atom is 0.253 e. The van der Waals surface area contributed by atoms with Crippen LogP contribution in [0.1, 0.15) is 36.0 Å². The van der Waals surface area contributed by atoms with Gasteiger partial charge >= 0.3 is 0 Å². The van der Waals surface area contributed by atoms with Crippen molar-refractivity contribution in [3.63, 3.8) is 0 Å². The highest BCUT2D eigenvalue weighted by atomic mass is 16.5. The molecule has 8 heteroatoms. The van der Waals surface area contributed by atoms with Gasteiger partial charge in [0, 0.05) is 56.6 Å². The van der Waals surface area contributed by atoms with Crippen LogP contribution in [-0.2, 0) is 4.79 Å². The topological polar surface area (TPSA) is 87.7 Å². The summed E-state index contributed by atoms with van der Waals surface area (Å²) in [6.07, 6.45) is 7.39. The van der Waals surface area contributed by atoms with Gasteiger partial charge in [-0.1, -0.05) is 6.07 Å². The fraction of sp³-hybridized carbons (Fsp3) is 0.520. The first kappa shape index (κ1) is 21.7. The lowest BCUT2D eigenvalue weighted by atomic mass is 9.74. The molecule has 3 aliphatic rings. The van der Waals surface area contributed by atoms with Gasteiger partial charge in [-0.15, -0.1) is 0 Å². The standard InChI is InChI=1S/C25H31N5O3/c1-33-21-6-2-5-19(13-21)22(31)29-12-3-9-25(23(32)28-14-18-7-8-18)17-30(16-20(25)15-29)24-26-10-4-11-27-24/h2,4-6,10-11,13,18,20H,3,7-9,12,14-17H2,1H3,(H,28,32)/t20-,25-/m1/s1. The third-order valence-corrected chi connectivity index (χ3v) is 7.33. The number of amides is 2. The summed E-state index contributed by atoms with van der Waals surface area (Å²) in [7, 11) is 1.60. The van der Waals surface area contributed by atoms with Crippen LogP contribution in [0.25, 0.3) is 0 Å². The van der Waals surface area contributed by atoms with Crippen molar-refractivity contribution in [2.24, 2.45) is 17.3 Å². The van der Waals surface area contributed by atoms with Gasteiger partial charge in [-0.2, -0.15) is 0 Å². The Labute approximate surface area is 194 Å². The summed E-state index contributed by atoms with van der Waals surface area (Å²) in [5.74, 6) is 2.04. The molecule has 33 heavy (non-hydrogen) atoms. The summed E-state index contributed by atoms with van der Waals surface area (Å²) in [4.78, 5) is 39.9. The molecule has 1 N–H and O–H groups in total. The molecule has 5 rings (SSSR count). The van der Waals surface area contributed by atoms with Crippen LogP contribution in [-0.4, -0.2) is 66.5 Å². The fourth-order valence-electron chi connectivity index (χ4n) is 5.27. The Morgan fingerprint density at radius 1 is 1.18 bits per heavy atom. The van der Waals surface area contributed by atoms with E-state index in [1.165, 1.54) is 12.8 Å². The number of fused-ring (bicyclic) bond motifs is 1. The number of ether oxygens (including phenoxy) is 1. The monoisotopic (exact) mass is 449 g/mol. The number of nitrogens with one attached hydrogen (secondary N) is 1. The van der Waals surface area contributed by atoms with Gasteiger partial charge in [0.2, 0.25) is 11.9 Å². The van der Waals surface area contributed by atoms with Crippen molar-refractivity contribution in [3.8, 4) is 5.75 Å². The Morgan fingerprint density at radius 3 is 2.76 bits per heavy atom. The number of methoxy groups -OCH3 is 1. The van der Waals surface area contributed by atoms with Crippen LogP contribution < -0.4 is 15.0 Å². The maximum atomic E-state index is 13.6. The molecule has 0 spiro atoms. The molecule has 2 saturated heterocycles. The van der Waals surface area contributed by atoms with Crippen molar-refractivity contribution >= 4 is 17.8 Å². The molecular weight excluding hydrogens is 418 g/mol. The summed E-state index contributed by atoms with van der Waals surface area (Å²) in [6, 6.07) is 9.07. The minimum absolute atomic E-state index is 0.0116. The van der Waals surface area contributed by atoms with Crippen LogP contribution in [0.5, 0.6) is 5.75 Å². The quantitative estimate of drug-likeness (QED) is 0.729. The van der Waals surface area contributed by atoms with Crippen molar-refractivity contribution < 1.29 is 14.3 Å². The molecule has 2 atom stereocenters. The molecule has 8 nitrogen and oxygen atoms in total. The average Bonchev–Trinajstić information content (AvgIpc) is 3.65. The molecule has 1 aliphatic carbocycles. The number of aromatic nitrogens is 2. The molecule has 0 bridgehead atoms. The minimum atomic E-state index is -0.544. The number of hydrogen-bond acceptors (Lipinski definition) is 6. The van der Waals surface area contributed by atoms with Gasteiger partial charge in [-0.05, 0) is 55.9 Å². The Morgan fingerprint density at radius 2 is 2.00 bits per heavy atom. The number of carbonyl (C=O) groups is 2. The normalized spacial score (nSPS) is 24.7. The Hall–Kier alpha value is -3.16. The highest BCUT2D eigenvalue weighted by Gasteiger charge is 2.54. The van der Waals surface area contributed by atoms with Gasteiger partial charge in [-0.25, -0.2) is 9.97 Å². The van der Waals surface area contributed by atoms with Gasteiger partial charge in [0.15, 0.2) is 0 Å². The number of nitrogens with zero attached hydrogens (tertiary/aromatic N) is 4. The first-order valence-electron chi connectivity index (χ1n) is 11.8. The van der Waals surface area contributed by atoms with E-state index in [9.17, 15) is 9.59 Å². The summed E-state index contributed by atoms with van der Waals surface area (Å²) in [6.45, 7) is 3.17. The van der Waals surface area contributed by atoms with E-state index in [-0.39, 0.29) is 17.7 Å².